The average Bonchev–Trinajstić information content (AvgIpc) is 2.55. The largest absolute Gasteiger partial charge is 0.374 e. The molecule has 2 saturated carbocycles. The van der Waals surface area contributed by atoms with Crippen LogP contribution in [0, 0.1) is 11.8 Å². The van der Waals surface area contributed by atoms with Crippen LogP contribution in [0.4, 0.5) is 0 Å². The zero-order chi connectivity index (χ0) is 15.4. The zero-order valence-electron chi connectivity index (χ0n) is 14.2. The summed E-state index contributed by atoms with van der Waals surface area (Å²) in [5.41, 5.74) is 0. The molecule has 1 heterocycles. The third-order valence-corrected chi connectivity index (χ3v) is 6.14. The van der Waals surface area contributed by atoms with Gasteiger partial charge in [-0.05, 0) is 50.4 Å². The summed E-state index contributed by atoms with van der Waals surface area (Å²) in [4.78, 5) is 11.5. The van der Waals surface area contributed by atoms with Crippen molar-refractivity contribution in [3.05, 3.63) is 0 Å². The van der Waals surface area contributed by atoms with Gasteiger partial charge in [-0.3, -0.25) is 4.79 Å². The second-order valence-electron chi connectivity index (χ2n) is 7.88. The van der Waals surface area contributed by atoms with E-state index in [1.54, 1.807) is 6.92 Å². The predicted octanol–water partition coefficient (Wildman–Crippen LogP) is 4.20. The van der Waals surface area contributed by atoms with Crippen LogP contribution >= 0.6 is 0 Å². The molecule has 126 valence electrons. The van der Waals surface area contributed by atoms with Crippen LogP contribution in [-0.4, -0.2) is 24.2 Å². The summed E-state index contributed by atoms with van der Waals surface area (Å²) in [6.45, 7) is 1.65. The van der Waals surface area contributed by atoms with Crippen molar-refractivity contribution < 1.29 is 9.53 Å². The lowest BCUT2D eigenvalue weighted by atomic mass is 9.77. The van der Waals surface area contributed by atoms with Gasteiger partial charge in [0, 0.05) is 13.0 Å². The summed E-state index contributed by atoms with van der Waals surface area (Å²) >= 11 is 0. The molecule has 0 aromatic rings. The number of rotatable bonds is 3. The van der Waals surface area contributed by atoms with E-state index < -0.39 is 0 Å². The molecule has 1 saturated heterocycles. The first-order chi connectivity index (χ1) is 10.7. The second kappa shape index (κ2) is 7.81. The lowest BCUT2D eigenvalue weighted by Crippen LogP contribution is -2.49. The Morgan fingerprint density at radius 1 is 0.818 bits per heavy atom. The van der Waals surface area contributed by atoms with Crippen molar-refractivity contribution in [2.45, 2.75) is 102 Å². The Labute approximate surface area is 135 Å². The second-order valence-corrected chi connectivity index (χ2v) is 7.88. The minimum Gasteiger partial charge on any atom is -0.374 e. The van der Waals surface area contributed by atoms with Crippen LogP contribution in [-0.2, 0) is 9.53 Å². The molecule has 0 aromatic heterocycles. The number of ether oxygens (including phenoxy) is 1. The van der Waals surface area contributed by atoms with Crippen molar-refractivity contribution in [3.63, 3.8) is 0 Å². The molecule has 2 unspecified atom stereocenters. The maximum Gasteiger partial charge on any atom is 0.217 e. The SMILES string of the molecule is CC(=O)NC1CC(C2CCCCC2)OC(C2CCCCC2)C1. The Hall–Kier alpha value is -0.570. The number of hydrogen-bond acceptors (Lipinski definition) is 2. The Morgan fingerprint density at radius 2 is 1.27 bits per heavy atom. The topological polar surface area (TPSA) is 38.3 Å². The molecule has 0 radical (unpaired) electrons. The van der Waals surface area contributed by atoms with Gasteiger partial charge in [-0.15, -0.1) is 0 Å². The predicted molar refractivity (Wildman–Crippen MR) is 88.6 cm³/mol. The van der Waals surface area contributed by atoms with Gasteiger partial charge in [-0.25, -0.2) is 0 Å². The molecule has 3 rings (SSSR count). The van der Waals surface area contributed by atoms with Crippen LogP contribution in [0.3, 0.4) is 0 Å². The van der Waals surface area contributed by atoms with Crippen molar-refractivity contribution in [2.75, 3.05) is 0 Å². The molecule has 3 fully saturated rings. The number of hydrogen-bond donors (Lipinski definition) is 1. The van der Waals surface area contributed by atoms with Gasteiger partial charge >= 0.3 is 0 Å². The third kappa shape index (κ3) is 4.24. The lowest BCUT2D eigenvalue weighted by molar-refractivity contribution is -0.131. The number of carbonyl (C=O) groups is 1. The number of amides is 1. The van der Waals surface area contributed by atoms with Gasteiger partial charge in [0.15, 0.2) is 0 Å². The molecule has 0 aromatic carbocycles. The molecular weight excluding hydrogens is 274 g/mol. The van der Waals surface area contributed by atoms with Crippen LogP contribution < -0.4 is 5.32 Å². The summed E-state index contributed by atoms with van der Waals surface area (Å²) in [5.74, 6) is 1.59. The lowest BCUT2D eigenvalue weighted by Gasteiger charge is -2.44. The number of nitrogens with one attached hydrogen (secondary N) is 1. The molecule has 2 atom stereocenters. The Balaban J connectivity index is 1.65. The van der Waals surface area contributed by atoms with Crippen LogP contribution in [0.2, 0.25) is 0 Å². The highest BCUT2D eigenvalue weighted by molar-refractivity contribution is 5.73. The van der Waals surface area contributed by atoms with Crippen molar-refractivity contribution in [1.29, 1.82) is 0 Å². The van der Waals surface area contributed by atoms with E-state index in [2.05, 4.69) is 5.32 Å². The quantitative estimate of drug-likeness (QED) is 0.848. The van der Waals surface area contributed by atoms with E-state index in [0.29, 0.717) is 18.2 Å². The highest BCUT2D eigenvalue weighted by atomic mass is 16.5. The fourth-order valence-electron chi connectivity index (χ4n) is 5.02. The van der Waals surface area contributed by atoms with Gasteiger partial charge in [0.05, 0.1) is 12.2 Å². The smallest absolute Gasteiger partial charge is 0.217 e. The van der Waals surface area contributed by atoms with Crippen molar-refractivity contribution in [2.24, 2.45) is 11.8 Å². The Morgan fingerprint density at radius 3 is 1.68 bits per heavy atom. The van der Waals surface area contributed by atoms with E-state index in [1.807, 2.05) is 0 Å². The van der Waals surface area contributed by atoms with E-state index in [1.165, 1.54) is 64.2 Å². The summed E-state index contributed by atoms with van der Waals surface area (Å²) in [6, 6.07) is 0.338. The fourth-order valence-corrected chi connectivity index (χ4v) is 5.02. The summed E-state index contributed by atoms with van der Waals surface area (Å²) < 4.78 is 6.63. The van der Waals surface area contributed by atoms with Crippen LogP contribution in [0.1, 0.15) is 84.0 Å². The summed E-state index contributed by atoms with van der Waals surface area (Å²) in [5, 5.41) is 3.20. The molecule has 22 heavy (non-hydrogen) atoms. The summed E-state index contributed by atoms with van der Waals surface area (Å²) in [6.07, 6.45) is 16.4. The minimum atomic E-state index is 0.122. The number of carbonyl (C=O) groups excluding carboxylic acids is 1. The molecule has 0 spiro atoms. The van der Waals surface area contributed by atoms with Crippen LogP contribution in [0.5, 0.6) is 0 Å². The van der Waals surface area contributed by atoms with Gasteiger partial charge in [0.25, 0.3) is 0 Å². The van der Waals surface area contributed by atoms with Crippen LogP contribution in [0.15, 0.2) is 0 Å². The van der Waals surface area contributed by atoms with Gasteiger partial charge in [-0.2, -0.15) is 0 Å². The first-order valence-electron chi connectivity index (χ1n) is 9.65. The highest BCUT2D eigenvalue weighted by Gasteiger charge is 2.38. The normalized spacial score (nSPS) is 35.2. The fraction of sp³-hybridized carbons (Fsp3) is 0.947. The minimum absolute atomic E-state index is 0.122. The van der Waals surface area contributed by atoms with Crippen molar-refractivity contribution >= 4 is 5.91 Å². The van der Waals surface area contributed by atoms with E-state index in [-0.39, 0.29) is 5.91 Å². The van der Waals surface area contributed by atoms with Crippen molar-refractivity contribution in [3.8, 4) is 0 Å². The molecule has 3 heteroatoms. The maximum absolute atomic E-state index is 11.5. The average molecular weight is 307 g/mol. The van der Waals surface area contributed by atoms with Gasteiger partial charge in [-0.1, -0.05) is 38.5 Å². The molecule has 0 bridgehead atoms. The molecule has 3 nitrogen and oxygen atoms in total. The standard InChI is InChI=1S/C19H33NO2/c1-14(21)20-17-12-18(15-8-4-2-5-9-15)22-19(13-17)16-10-6-3-7-11-16/h15-19H,2-13H2,1H3,(H,20,21). The Bertz CT molecular complexity index is 332. The molecule has 1 amide bonds. The van der Waals surface area contributed by atoms with Gasteiger partial charge in [0.2, 0.25) is 5.91 Å². The molecule has 3 aliphatic rings. The molecular formula is C19H33NO2. The van der Waals surface area contributed by atoms with Gasteiger partial charge < -0.3 is 10.1 Å². The zero-order valence-corrected chi connectivity index (χ0v) is 14.2. The van der Waals surface area contributed by atoms with Crippen molar-refractivity contribution in [1.82, 2.24) is 5.32 Å². The van der Waals surface area contributed by atoms with E-state index in [9.17, 15) is 4.79 Å². The molecule has 2 aliphatic carbocycles. The van der Waals surface area contributed by atoms with E-state index in [0.717, 1.165) is 24.7 Å². The summed E-state index contributed by atoms with van der Waals surface area (Å²) in [7, 11) is 0. The molecule has 1 N–H and O–H groups in total. The molecule has 1 aliphatic heterocycles. The van der Waals surface area contributed by atoms with Crippen LogP contribution in [0.25, 0.3) is 0 Å². The van der Waals surface area contributed by atoms with E-state index >= 15 is 0 Å². The monoisotopic (exact) mass is 307 g/mol. The van der Waals surface area contributed by atoms with Gasteiger partial charge in [0.1, 0.15) is 0 Å². The third-order valence-electron chi connectivity index (χ3n) is 6.14. The first kappa shape index (κ1) is 16.3. The maximum atomic E-state index is 11.5. The Kier molecular flexibility index (Phi) is 5.78. The van der Waals surface area contributed by atoms with E-state index in [4.69, 9.17) is 4.74 Å². The highest BCUT2D eigenvalue weighted by Crippen LogP contribution is 2.38. The first-order valence-corrected chi connectivity index (χ1v) is 9.65.